The summed E-state index contributed by atoms with van der Waals surface area (Å²) in [6, 6.07) is 8.76. The monoisotopic (exact) mass is 333 g/mol. The van der Waals surface area contributed by atoms with Gasteiger partial charge in [0.25, 0.3) is 0 Å². The zero-order valence-corrected chi connectivity index (χ0v) is 13.5. The van der Waals surface area contributed by atoms with E-state index in [9.17, 15) is 9.59 Å². The predicted octanol–water partition coefficient (Wildman–Crippen LogP) is 3.09. The molecule has 114 valence electrons. The number of para-hydroxylation sites is 1. The average molecular weight is 333 g/mol. The van der Waals surface area contributed by atoms with Crippen LogP contribution in [0.1, 0.15) is 23.2 Å². The fraction of sp³-hybridized carbons (Fsp3) is 0.312. The number of likely N-dealkylation sites (tertiary alicyclic amines) is 1. The Balaban J connectivity index is 1.73. The Labute approximate surface area is 137 Å². The molecule has 4 nitrogen and oxygen atoms in total. The number of rotatable bonds is 3. The normalized spacial score (nSPS) is 14.5. The van der Waals surface area contributed by atoms with Gasteiger partial charge in [-0.25, -0.2) is 4.79 Å². The summed E-state index contributed by atoms with van der Waals surface area (Å²) < 4.78 is 5.92. The standard InChI is InChI=1S/C16H15NO3S2/c18-13(10-22-16(21)17-7-3-4-8-17)12-9-11-5-1-2-6-14(11)20-15(12)19/h1-2,5-6,9H,3-4,7-8,10H2. The van der Waals surface area contributed by atoms with Crippen molar-refractivity contribution in [2.75, 3.05) is 18.8 Å². The molecule has 0 radical (unpaired) electrons. The molecule has 1 aromatic carbocycles. The molecule has 0 spiro atoms. The Morgan fingerprint density at radius 3 is 2.77 bits per heavy atom. The van der Waals surface area contributed by atoms with Crippen LogP contribution in [0.25, 0.3) is 11.0 Å². The van der Waals surface area contributed by atoms with Crippen LogP contribution in [0.4, 0.5) is 0 Å². The van der Waals surface area contributed by atoms with E-state index >= 15 is 0 Å². The first-order valence-corrected chi connectivity index (χ1v) is 8.52. The molecule has 1 saturated heterocycles. The lowest BCUT2D eigenvalue weighted by molar-refractivity contribution is 0.101. The molecule has 0 saturated carbocycles. The second-order valence-corrected chi connectivity index (χ2v) is 6.77. The molecule has 0 bridgehead atoms. The van der Waals surface area contributed by atoms with Gasteiger partial charge in [-0.15, -0.1) is 0 Å². The van der Waals surface area contributed by atoms with Crippen LogP contribution >= 0.6 is 24.0 Å². The van der Waals surface area contributed by atoms with Gasteiger partial charge in [0.2, 0.25) is 0 Å². The molecule has 2 heterocycles. The molecule has 0 amide bonds. The van der Waals surface area contributed by atoms with Gasteiger partial charge in [-0.05, 0) is 25.0 Å². The Hall–Kier alpha value is -1.66. The fourth-order valence-corrected chi connectivity index (χ4v) is 3.59. The summed E-state index contributed by atoms with van der Waals surface area (Å²) in [4.78, 5) is 26.3. The predicted molar refractivity (Wildman–Crippen MR) is 92.7 cm³/mol. The van der Waals surface area contributed by atoms with Crippen LogP contribution in [0.5, 0.6) is 0 Å². The van der Waals surface area contributed by atoms with Crippen LogP contribution < -0.4 is 5.63 Å². The molecule has 1 aliphatic heterocycles. The van der Waals surface area contributed by atoms with E-state index in [2.05, 4.69) is 4.90 Å². The third-order valence-corrected chi connectivity index (χ3v) is 5.16. The Morgan fingerprint density at radius 1 is 1.27 bits per heavy atom. The van der Waals surface area contributed by atoms with Gasteiger partial charge in [-0.2, -0.15) is 0 Å². The van der Waals surface area contributed by atoms with Crippen LogP contribution in [0, 0.1) is 0 Å². The summed E-state index contributed by atoms with van der Waals surface area (Å²) in [6.07, 6.45) is 2.28. The summed E-state index contributed by atoms with van der Waals surface area (Å²) in [5.41, 5.74) is -0.00361. The zero-order chi connectivity index (χ0) is 15.5. The Morgan fingerprint density at radius 2 is 2.00 bits per heavy atom. The summed E-state index contributed by atoms with van der Waals surface area (Å²) in [5.74, 6) is -0.0793. The lowest BCUT2D eigenvalue weighted by Gasteiger charge is -2.16. The summed E-state index contributed by atoms with van der Waals surface area (Å²) in [5, 5.41) is 0.748. The van der Waals surface area contributed by atoms with E-state index in [4.69, 9.17) is 16.6 Å². The second-order valence-electron chi connectivity index (χ2n) is 5.16. The first-order chi connectivity index (χ1) is 10.6. The van der Waals surface area contributed by atoms with Crippen LogP contribution in [0.2, 0.25) is 0 Å². The van der Waals surface area contributed by atoms with Crippen LogP contribution in [0.15, 0.2) is 39.5 Å². The summed E-state index contributed by atoms with van der Waals surface area (Å²) >= 11 is 6.65. The number of fused-ring (bicyclic) bond motifs is 1. The van der Waals surface area contributed by atoms with Crippen molar-refractivity contribution < 1.29 is 9.21 Å². The van der Waals surface area contributed by atoms with Gasteiger partial charge < -0.3 is 9.32 Å². The molecular weight excluding hydrogens is 318 g/mol. The molecule has 6 heteroatoms. The molecule has 1 aromatic heterocycles. The van der Waals surface area contributed by atoms with Crippen LogP contribution in [-0.2, 0) is 0 Å². The largest absolute Gasteiger partial charge is 0.422 e. The zero-order valence-electron chi connectivity index (χ0n) is 11.9. The minimum atomic E-state index is -0.587. The average Bonchev–Trinajstić information content (AvgIpc) is 3.06. The SMILES string of the molecule is O=C(CSC(=S)N1CCCC1)c1cc2ccccc2oc1=O. The maximum Gasteiger partial charge on any atom is 0.347 e. The lowest BCUT2D eigenvalue weighted by atomic mass is 10.1. The number of thiocarbonyl (C=S) groups is 1. The molecule has 0 atom stereocenters. The van der Waals surface area contributed by atoms with E-state index in [-0.39, 0.29) is 17.1 Å². The number of benzene rings is 1. The van der Waals surface area contributed by atoms with Crippen molar-refractivity contribution in [3.8, 4) is 0 Å². The molecule has 0 unspecified atom stereocenters. The van der Waals surface area contributed by atoms with Gasteiger partial charge in [0.05, 0.1) is 5.75 Å². The molecule has 0 N–H and O–H groups in total. The van der Waals surface area contributed by atoms with Gasteiger partial charge in [-0.3, -0.25) is 4.79 Å². The van der Waals surface area contributed by atoms with E-state index in [1.165, 1.54) is 11.8 Å². The molecule has 2 aromatic rings. The minimum absolute atomic E-state index is 0.0930. The second kappa shape index (κ2) is 6.62. The smallest absolute Gasteiger partial charge is 0.347 e. The maximum absolute atomic E-state index is 12.3. The summed E-state index contributed by atoms with van der Waals surface area (Å²) in [6.45, 7) is 1.91. The quantitative estimate of drug-likeness (QED) is 0.489. The van der Waals surface area contributed by atoms with Crippen molar-refractivity contribution >= 4 is 45.1 Å². The fourth-order valence-electron chi connectivity index (χ4n) is 2.45. The molecule has 1 fully saturated rings. The van der Waals surface area contributed by atoms with Crippen molar-refractivity contribution in [1.29, 1.82) is 0 Å². The number of carbonyl (C=O) groups is 1. The minimum Gasteiger partial charge on any atom is -0.422 e. The third kappa shape index (κ3) is 3.23. The van der Waals surface area contributed by atoms with Gasteiger partial charge in [-0.1, -0.05) is 42.2 Å². The Kier molecular flexibility index (Phi) is 4.59. The number of nitrogens with zero attached hydrogens (tertiary/aromatic N) is 1. The van der Waals surface area contributed by atoms with Crippen LogP contribution in [-0.4, -0.2) is 33.8 Å². The topological polar surface area (TPSA) is 50.5 Å². The maximum atomic E-state index is 12.3. The Bertz CT molecular complexity index is 778. The number of carbonyl (C=O) groups excluding carboxylic acids is 1. The lowest BCUT2D eigenvalue weighted by Crippen LogP contribution is -2.25. The molecule has 0 aliphatic carbocycles. The third-order valence-electron chi connectivity index (χ3n) is 3.63. The van der Waals surface area contributed by atoms with Crippen molar-refractivity contribution in [2.45, 2.75) is 12.8 Å². The number of ketones is 1. The van der Waals surface area contributed by atoms with E-state index in [1.807, 2.05) is 12.1 Å². The molecule has 22 heavy (non-hydrogen) atoms. The highest BCUT2D eigenvalue weighted by Crippen LogP contribution is 2.18. The summed E-state index contributed by atoms with van der Waals surface area (Å²) in [7, 11) is 0. The number of hydrogen-bond donors (Lipinski definition) is 0. The van der Waals surface area contributed by atoms with Crippen molar-refractivity contribution in [1.82, 2.24) is 4.90 Å². The van der Waals surface area contributed by atoms with Crippen LogP contribution in [0.3, 0.4) is 0 Å². The molecular formula is C16H15NO3S2. The van der Waals surface area contributed by atoms with E-state index in [0.717, 1.165) is 35.6 Å². The number of thioether (sulfide) groups is 1. The van der Waals surface area contributed by atoms with Crippen molar-refractivity contribution in [3.63, 3.8) is 0 Å². The van der Waals surface area contributed by atoms with E-state index < -0.39 is 5.63 Å². The number of hydrogen-bond acceptors (Lipinski definition) is 5. The van der Waals surface area contributed by atoms with Crippen molar-refractivity contribution in [3.05, 3.63) is 46.3 Å². The first-order valence-electron chi connectivity index (χ1n) is 7.13. The van der Waals surface area contributed by atoms with Gasteiger partial charge in [0.15, 0.2) is 5.78 Å². The highest BCUT2D eigenvalue weighted by atomic mass is 32.2. The molecule has 1 aliphatic rings. The first kappa shape index (κ1) is 15.2. The highest BCUT2D eigenvalue weighted by molar-refractivity contribution is 8.23. The van der Waals surface area contributed by atoms with Gasteiger partial charge in [0.1, 0.15) is 15.5 Å². The van der Waals surface area contributed by atoms with Gasteiger partial charge >= 0.3 is 5.63 Å². The van der Waals surface area contributed by atoms with E-state index in [1.54, 1.807) is 18.2 Å². The number of Topliss-reactive ketones (excluding diaryl/α,β-unsaturated/α-hetero) is 1. The van der Waals surface area contributed by atoms with Gasteiger partial charge in [0, 0.05) is 18.5 Å². The van der Waals surface area contributed by atoms with E-state index in [0.29, 0.717) is 5.58 Å². The highest BCUT2D eigenvalue weighted by Gasteiger charge is 2.18. The molecule has 3 rings (SSSR count). The van der Waals surface area contributed by atoms with Crippen molar-refractivity contribution in [2.24, 2.45) is 0 Å².